The number of amides is 1. The van der Waals surface area contributed by atoms with E-state index in [1.807, 2.05) is 30.0 Å². The smallest absolute Gasteiger partial charge is 0.407 e. The minimum Gasteiger partial charge on any atom is -0.448 e. The monoisotopic (exact) mass is 357 g/mol. The highest BCUT2D eigenvalue weighted by atomic mass is 16.5. The summed E-state index contributed by atoms with van der Waals surface area (Å²) in [7, 11) is 0. The number of imidazole rings is 1. The molecule has 26 heavy (non-hydrogen) atoms. The molecule has 7 nitrogen and oxygen atoms in total. The number of pyridine rings is 1. The molecule has 1 atom stereocenters. The van der Waals surface area contributed by atoms with Crippen molar-refractivity contribution in [3.63, 3.8) is 0 Å². The van der Waals surface area contributed by atoms with Crippen LogP contribution in [0.5, 0.6) is 0 Å². The number of hydrogen-bond acceptors (Lipinski definition) is 5. The van der Waals surface area contributed by atoms with Crippen LogP contribution in [0.4, 0.5) is 4.79 Å². The molecule has 1 amide bonds. The Hall–Kier alpha value is -2.41. The van der Waals surface area contributed by atoms with E-state index in [4.69, 9.17) is 4.74 Å². The van der Waals surface area contributed by atoms with Crippen molar-refractivity contribution in [3.05, 3.63) is 42.6 Å². The highest BCUT2D eigenvalue weighted by Crippen LogP contribution is 2.20. The number of carbonyl (C=O) groups is 1. The van der Waals surface area contributed by atoms with E-state index < -0.39 is 0 Å². The molecule has 1 aliphatic heterocycles. The zero-order valence-corrected chi connectivity index (χ0v) is 15.3. The molecule has 7 heteroatoms. The van der Waals surface area contributed by atoms with Gasteiger partial charge in [-0.05, 0) is 37.4 Å². The molecule has 3 rings (SSSR count). The third-order valence-electron chi connectivity index (χ3n) is 4.64. The first-order valence-corrected chi connectivity index (χ1v) is 9.34. The van der Waals surface area contributed by atoms with Gasteiger partial charge in [0, 0.05) is 37.7 Å². The van der Waals surface area contributed by atoms with E-state index in [0.29, 0.717) is 13.2 Å². The van der Waals surface area contributed by atoms with Crippen molar-refractivity contribution >= 4 is 6.09 Å². The Bertz CT molecular complexity index is 672. The van der Waals surface area contributed by atoms with Gasteiger partial charge in [-0.3, -0.25) is 9.47 Å². The summed E-state index contributed by atoms with van der Waals surface area (Å²) in [4.78, 5) is 22.7. The largest absolute Gasteiger partial charge is 0.448 e. The van der Waals surface area contributed by atoms with E-state index in [9.17, 15) is 4.79 Å². The lowest BCUT2D eigenvalue weighted by atomic mass is 10.0. The number of rotatable bonds is 7. The van der Waals surface area contributed by atoms with Crippen LogP contribution in [0.2, 0.25) is 0 Å². The van der Waals surface area contributed by atoms with Gasteiger partial charge in [0.25, 0.3) is 0 Å². The second-order valence-corrected chi connectivity index (χ2v) is 6.64. The first-order chi connectivity index (χ1) is 12.8. The van der Waals surface area contributed by atoms with E-state index in [2.05, 4.69) is 26.3 Å². The molecule has 140 valence electrons. The summed E-state index contributed by atoms with van der Waals surface area (Å²) in [6.45, 7) is 4.96. The molecule has 2 aromatic rings. The van der Waals surface area contributed by atoms with Crippen molar-refractivity contribution in [3.8, 4) is 5.82 Å². The van der Waals surface area contributed by atoms with Crippen LogP contribution in [-0.2, 0) is 11.3 Å². The molecule has 1 unspecified atom stereocenters. The first kappa shape index (κ1) is 18.4. The Morgan fingerprint density at radius 2 is 2.31 bits per heavy atom. The third kappa shape index (κ3) is 5.05. The Balaban J connectivity index is 1.55. The second-order valence-electron chi connectivity index (χ2n) is 6.64. The maximum absolute atomic E-state index is 11.7. The maximum atomic E-state index is 11.7. The molecule has 2 aromatic heterocycles. The van der Waals surface area contributed by atoms with E-state index in [0.717, 1.165) is 37.3 Å². The molecule has 0 aliphatic carbocycles. The number of ether oxygens (including phenoxy) is 1. The van der Waals surface area contributed by atoms with Gasteiger partial charge in [-0.25, -0.2) is 14.8 Å². The zero-order chi connectivity index (χ0) is 18.2. The molecule has 0 bridgehead atoms. The molecular weight excluding hydrogens is 330 g/mol. The fourth-order valence-corrected chi connectivity index (χ4v) is 3.20. The Labute approximate surface area is 154 Å². The molecule has 1 aliphatic rings. The molecule has 3 heterocycles. The van der Waals surface area contributed by atoms with Gasteiger partial charge in [0.1, 0.15) is 18.8 Å². The Kier molecular flexibility index (Phi) is 6.60. The summed E-state index contributed by atoms with van der Waals surface area (Å²) in [6.07, 6.45) is 11.3. The fourth-order valence-electron chi connectivity index (χ4n) is 3.20. The number of nitrogens with zero attached hydrogens (tertiary/aromatic N) is 4. The molecule has 0 radical (unpaired) electrons. The highest BCUT2D eigenvalue weighted by molar-refractivity contribution is 5.67. The van der Waals surface area contributed by atoms with Gasteiger partial charge in [-0.2, -0.15) is 0 Å². The number of alkyl carbamates (subject to hydrolysis) is 1. The van der Waals surface area contributed by atoms with Crippen LogP contribution in [0.3, 0.4) is 0 Å². The van der Waals surface area contributed by atoms with Crippen LogP contribution in [0.15, 0.2) is 37.1 Å². The van der Waals surface area contributed by atoms with Crippen molar-refractivity contribution in [2.24, 2.45) is 0 Å². The lowest BCUT2D eigenvalue weighted by molar-refractivity contribution is 0.0640. The van der Waals surface area contributed by atoms with Gasteiger partial charge in [0.15, 0.2) is 0 Å². The van der Waals surface area contributed by atoms with Crippen molar-refractivity contribution in [1.29, 1.82) is 0 Å². The summed E-state index contributed by atoms with van der Waals surface area (Å²) in [5.41, 5.74) is 1.16. The fraction of sp³-hybridized carbons (Fsp3) is 0.526. The SMILES string of the molecule is CCCNC(=O)OCC1CCCCN1Cc1ccc(-n2ccnc2)nc1. The predicted octanol–water partition coefficient (Wildman–Crippen LogP) is 2.76. The van der Waals surface area contributed by atoms with Crippen LogP contribution >= 0.6 is 0 Å². The molecule has 0 saturated carbocycles. The minimum absolute atomic E-state index is 0.268. The zero-order valence-electron chi connectivity index (χ0n) is 15.3. The average Bonchev–Trinajstić information content (AvgIpc) is 3.21. The molecule has 1 N–H and O–H groups in total. The van der Waals surface area contributed by atoms with E-state index >= 15 is 0 Å². The van der Waals surface area contributed by atoms with Crippen molar-refractivity contribution < 1.29 is 9.53 Å². The summed E-state index contributed by atoms with van der Waals surface area (Å²) >= 11 is 0. The third-order valence-corrected chi connectivity index (χ3v) is 4.64. The number of hydrogen-bond donors (Lipinski definition) is 1. The number of piperidine rings is 1. The second kappa shape index (κ2) is 9.33. The van der Waals surface area contributed by atoms with Crippen LogP contribution in [0.1, 0.15) is 38.2 Å². The van der Waals surface area contributed by atoms with Crippen molar-refractivity contribution in [1.82, 2.24) is 24.8 Å². The lowest BCUT2D eigenvalue weighted by Crippen LogP contribution is -2.43. The van der Waals surface area contributed by atoms with Crippen LogP contribution in [0.25, 0.3) is 5.82 Å². The average molecular weight is 357 g/mol. The summed E-state index contributed by atoms with van der Waals surface area (Å²) < 4.78 is 7.29. The van der Waals surface area contributed by atoms with Gasteiger partial charge < -0.3 is 10.1 Å². The molecular formula is C19H27N5O2. The predicted molar refractivity (Wildman–Crippen MR) is 99.0 cm³/mol. The van der Waals surface area contributed by atoms with Crippen LogP contribution < -0.4 is 5.32 Å². The minimum atomic E-state index is -0.316. The number of carbonyl (C=O) groups excluding carboxylic acids is 1. The number of likely N-dealkylation sites (tertiary alicyclic amines) is 1. The Morgan fingerprint density at radius 1 is 1.38 bits per heavy atom. The number of aromatic nitrogens is 3. The van der Waals surface area contributed by atoms with E-state index in [1.54, 1.807) is 12.5 Å². The van der Waals surface area contributed by atoms with Gasteiger partial charge in [-0.15, -0.1) is 0 Å². The first-order valence-electron chi connectivity index (χ1n) is 9.34. The summed E-state index contributed by atoms with van der Waals surface area (Å²) in [6, 6.07) is 4.37. The molecule has 0 aromatic carbocycles. The summed E-state index contributed by atoms with van der Waals surface area (Å²) in [5.74, 6) is 0.859. The normalized spacial score (nSPS) is 17.8. The van der Waals surface area contributed by atoms with Gasteiger partial charge in [0.05, 0.1) is 0 Å². The van der Waals surface area contributed by atoms with E-state index in [1.165, 1.54) is 12.8 Å². The standard InChI is InChI=1S/C19H27N5O2/c1-2-8-21-19(25)26-14-17-5-3-4-10-23(17)13-16-6-7-18(22-12-16)24-11-9-20-15-24/h6-7,9,11-12,15,17H,2-5,8,10,13-14H2,1H3,(H,21,25). The molecule has 1 fully saturated rings. The van der Waals surface area contributed by atoms with Crippen LogP contribution in [0, 0.1) is 0 Å². The summed E-state index contributed by atoms with van der Waals surface area (Å²) in [5, 5.41) is 2.76. The van der Waals surface area contributed by atoms with Crippen LogP contribution in [-0.4, -0.2) is 51.3 Å². The highest BCUT2D eigenvalue weighted by Gasteiger charge is 2.24. The number of nitrogens with one attached hydrogen (secondary N) is 1. The lowest BCUT2D eigenvalue weighted by Gasteiger charge is -2.35. The van der Waals surface area contributed by atoms with E-state index in [-0.39, 0.29) is 12.1 Å². The van der Waals surface area contributed by atoms with Gasteiger partial charge in [0.2, 0.25) is 0 Å². The van der Waals surface area contributed by atoms with Crippen molar-refractivity contribution in [2.75, 3.05) is 19.7 Å². The topological polar surface area (TPSA) is 72.3 Å². The van der Waals surface area contributed by atoms with Gasteiger partial charge >= 0.3 is 6.09 Å². The van der Waals surface area contributed by atoms with Gasteiger partial charge in [-0.1, -0.05) is 19.4 Å². The maximum Gasteiger partial charge on any atom is 0.407 e. The molecule has 1 saturated heterocycles. The Morgan fingerprint density at radius 3 is 3.04 bits per heavy atom. The van der Waals surface area contributed by atoms with Crippen molar-refractivity contribution in [2.45, 2.75) is 45.2 Å². The molecule has 0 spiro atoms. The quantitative estimate of drug-likeness (QED) is 0.825.